The fourth-order valence-corrected chi connectivity index (χ4v) is 6.69. The van der Waals surface area contributed by atoms with Crippen molar-refractivity contribution in [2.24, 2.45) is 0 Å². The lowest BCUT2D eigenvalue weighted by Crippen LogP contribution is -2.48. The zero-order valence-electron chi connectivity index (χ0n) is 18.5. The molecule has 0 N–H and O–H groups in total. The summed E-state index contributed by atoms with van der Waals surface area (Å²) in [5, 5.41) is 1.34. The van der Waals surface area contributed by atoms with Gasteiger partial charge in [-0.15, -0.1) is 11.3 Å². The molecule has 0 saturated carbocycles. The molecule has 4 aromatic rings. The molecule has 2 aromatic carbocycles. The average Bonchev–Trinajstić information content (AvgIpc) is 3.42. The summed E-state index contributed by atoms with van der Waals surface area (Å²) in [4.78, 5) is 17.6. The van der Waals surface area contributed by atoms with Crippen LogP contribution in [0.4, 0.5) is 5.82 Å². The molecule has 1 aliphatic carbocycles. The predicted octanol–water partition coefficient (Wildman–Crippen LogP) is 5.40. The Balaban J connectivity index is 1.30. The first-order valence-electron chi connectivity index (χ1n) is 11.7. The molecule has 2 aromatic heterocycles. The van der Waals surface area contributed by atoms with Crippen LogP contribution in [0.1, 0.15) is 39.9 Å². The highest BCUT2D eigenvalue weighted by Gasteiger charge is 2.29. The van der Waals surface area contributed by atoms with Crippen molar-refractivity contribution in [2.75, 3.05) is 31.1 Å². The van der Waals surface area contributed by atoms with Gasteiger partial charge in [0.2, 0.25) is 0 Å². The summed E-state index contributed by atoms with van der Waals surface area (Å²) in [5.74, 6) is 2.06. The van der Waals surface area contributed by atoms with Crippen LogP contribution in [-0.2, 0) is 12.8 Å². The second-order valence-corrected chi connectivity index (χ2v) is 9.96. The lowest BCUT2D eigenvalue weighted by molar-refractivity contribution is 0.212. The van der Waals surface area contributed by atoms with Gasteiger partial charge >= 0.3 is 0 Å². The van der Waals surface area contributed by atoms with E-state index in [1.165, 1.54) is 56.9 Å². The van der Waals surface area contributed by atoms with E-state index in [0.717, 1.165) is 32.0 Å². The van der Waals surface area contributed by atoms with E-state index in [0.29, 0.717) is 0 Å². The number of aromatic nitrogens is 2. The first-order chi connectivity index (χ1) is 15.8. The molecule has 0 unspecified atom stereocenters. The number of nitrogens with zero attached hydrogens (tertiary/aromatic N) is 4. The molecule has 0 spiro atoms. The van der Waals surface area contributed by atoms with E-state index >= 15 is 0 Å². The van der Waals surface area contributed by atoms with Crippen LogP contribution >= 0.6 is 11.3 Å². The van der Waals surface area contributed by atoms with Crippen LogP contribution in [-0.4, -0.2) is 41.0 Å². The Hall–Kier alpha value is -2.76. The number of benzene rings is 2. The number of rotatable bonds is 4. The second-order valence-electron chi connectivity index (χ2n) is 8.88. The van der Waals surface area contributed by atoms with Crippen LogP contribution in [0, 0.1) is 6.92 Å². The monoisotopic (exact) mass is 440 g/mol. The van der Waals surface area contributed by atoms with Gasteiger partial charge in [-0.2, -0.15) is 0 Å². The SMILES string of the molecule is Cc1nc(N2CCN(C(c3ccccc3)c3ccccc3)CC2)c2c3c(sc2n1)CCC3. The maximum Gasteiger partial charge on any atom is 0.141 e. The van der Waals surface area contributed by atoms with Crippen LogP contribution in [0.5, 0.6) is 0 Å². The van der Waals surface area contributed by atoms with Gasteiger partial charge in [0.05, 0.1) is 11.4 Å². The van der Waals surface area contributed by atoms with Crippen LogP contribution in [0.2, 0.25) is 0 Å². The molecule has 0 bridgehead atoms. The summed E-state index contributed by atoms with van der Waals surface area (Å²) in [6.07, 6.45) is 3.66. The molecule has 1 saturated heterocycles. The standard InChI is InChI=1S/C27H28N4S/c1-19-28-26(24-22-13-8-14-23(22)32-27(24)29-19)31-17-15-30(16-18-31)25(20-9-4-2-5-10-20)21-11-6-3-7-12-21/h2-7,9-12,25H,8,13-18H2,1H3. The molecule has 5 heteroatoms. The minimum atomic E-state index is 0.289. The van der Waals surface area contributed by atoms with Gasteiger partial charge in [0.25, 0.3) is 0 Å². The van der Waals surface area contributed by atoms with Crippen molar-refractivity contribution in [2.45, 2.75) is 32.2 Å². The minimum Gasteiger partial charge on any atom is -0.353 e. The summed E-state index contributed by atoms with van der Waals surface area (Å²) >= 11 is 1.89. The lowest BCUT2D eigenvalue weighted by atomic mass is 9.96. The Bertz CT molecular complexity index is 1190. The number of thiophene rings is 1. The van der Waals surface area contributed by atoms with Gasteiger partial charge in [-0.3, -0.25) is 4.90 Å². The Labute approximate surface area is 193 Å². The fraction of sp³-hybridized carbons (Fsp3) is 0.333. The quantitative estimate of drug-likeness (QED) is 0.425. The number of hydrogen-bond acceptors (Lipinski definition) is 5. The van der Waals surface area contributed by atoms with Crippen LogP contribution in [0.3, 0.4) is 0 Å². The zero-order chi connectivity index (χ0) is 21.5. The molecule has 32 heavy (non-hydrogen) atoms. The van der Waals surface area contributed by atoms with Gasteiger partial charge in [-0.1, -0.05) is 60.7 Å². The molecule has 4 nitrogen and oxygen atoms in total. The molecule has 6 rings (SSSR count). The van der Waals surface area contributed by atoms with E-state index in [4.69, 9.17) is 9.97 Å². The van der Waals surface area contributed by atoms with Gasteiger partial charge in [0.1, 0.15) is 16.5 Å². The molecule has 0 radical (unpaired) electrons. The normalized spacial score (nSPS) is 16.8. The highest BCUT2D eigenvalue weighted by Crippen LogP contribution is 2.41. The van der Waals surface area contributed by atoms with Crippen molar-refractivity contribution in [3.05, 3.63) is 88.1 Å². The fourth-order valence-electron chi connectivity index (χ4n) is 5.39. The number of piperazine rings is 1. The van der Waals surface area contributed by atoms with E-state index < -0.39 is 0 Å². The summed E-state index contributed by atoms with van der Waals surface area (Å²) < 4.78 is 0. The summed E-state index contributed by atoms with van der Waals surface area (Å²) in [6, 6.07) is 22.1. The third-order valence-electron chi connectivity index (χ3n) is 6.87. The Morgan fingerprint density at radius 1 is 0.812 bits per heavy atom. The molecule has 2 aliphatic rings. The highest BCUT2D eigenvalue weighted by atomic mass is 32.1. The summed E-state index contributed by atoms with van der Waals surface area (Å²) in [6.45, 7) is 6.06. The van der Waals surface area contributed by atoms with Crippen molar-refractivity contribution < 1.29 is 0 Å². The Morgan fingerprint density at radius 2 is 1.47 bits per heavy atom. The van der Waals surface area contributed by atoms with E-state index in [2.05, 4.69) is 70.5 Å². The van der Waals surface area contributed by atoms with Gasteiger partial charge in [0, 0.05) is 31.1 Å². The van der Waals surface area contributed by atoms with Gasteiger partial charge < -0.3 is 4.90 Å². The molecule has 0 atom stereocenters. The second kappa shape index (κ2) is 8.30. The van der Waals surface area contributed by atoms with Crippen LogP contribution in [0.25, 0.3) is 10.2 Å². The highest BCUT2D eigenvalue weighted by molar-refractivity contribution is 7.19. The first-order valence-corrected chi connectivity index (χ1v) is 12.5. The Kier molecular flexibility index (Phi) is 5.16. The maximum absolute atomic E-state index is 4.96. The molecule has 162 valence electrons. The molecular formula is C27H28N4S. The Morgan fingerprint density at radius 3 is 2.12 bits per heavy atom. The zero-order valence-corrected chi connectivity index (χ0v) is 19.3. The number of hydrogen-bond donors (Lipinski definition) is 0. The van der Waals surface area contributed by atoms with Crippen LogP contribution in [0.15, 0.2) is 60.7 Å². The number of anilines is 1. The third-order valence-corrected chi connectivity index (χ3v) is 8.05. The third kappa shape index (κ3) is 3.50. The molecule has 1 fully saturated rings. The lowest BCUT2D eigenvalue weighted by Gasteiger charge is -2.40. The molecule has 3 heterocycles. The van der Waals surface area contributed by atoms with Crippen molar-refractivity contribution in [3.63, 3.8) is 0 Å². The van der Waals surface area contributed by atoms with E-state index in [1.807, 2.05) is 18.3 Å². The van der Waals surface area contributed by atoms with E-state index in [1.54, 1.807) is 0 Å². The van der Waals surface area contributed by atoms with Crippen molar-refractivity contribution in [1.29, 1.82) is 0 Å². The van der Waals surface area contributed by atoms with E-state index in [9.17, 15) is 0 Å². The molecule has 1 aliphatic heterocycles. The predicted molar refractivity (Wildman–Crippen MR) is 133 cm³/mol. The average molecular weight is 441 g/mol. The minimum absolute atomic E-state index is 0.289. The van der Waals surface area contributed by atoms with Crippen molar-refractivity contribution >= 4 is 27.4 Å². The number of aryl methyl sites for hydroxylation is 3. The number of fused-ring (bicyclic) bond motifs is 3. The first kappa shape index (κ1) is 19.9. The maximum atomic E-state index is 4.96. The van der Waals surface area contributed by atoms with Crippen LogP contribution < -0.4 is 4.90 Å². The van der Waals surface area contributed by atoms with Gasteiger partial charge in [-0.05, 0) is 42.9 Å². The largest absolute Gasteiger partial charge is 0.353 e. The van der Waals surface area contributed by atoms with Gasteiger partial charge in [0.15, 0.2) is 0 Å². The van der Waals surface area contributed by atoms with Crippen molar-refractivity contribution in [1.82, 2.24) is 14.9 Å². The van der Waals surface area contributed by atoms with Gasteiger partial charge in [-0.25, -0.2) is 9.97 Å². The van der Waals surface area contributed by atoms with Crippen molar-refractivity contribution in [3.8, 4) is 0 Å². The summed E-state index contributed by atoms with van der Waals surface area (Å²) in [5.41, 5.74) is 4.25. The van der Waals surface area contributed by atoms with E-state index in [-0.39, 0.29) is 6.04 Å². The smallest absolute Gasteiger partial charge is 0.141 e. The topological polar surface area (TPSA) is 32.3 Å². The molecule has 0 amide bonds. The molecular weight excluding hydrogens is 412 g/mol. The summed E-state index contributed by atoms with van der Waals surface area (Å²) in [7, 11) is 0.